The molecule has 0 N–H and O–H groups in total. The molecule has 1 aromatic heterocycles. The highest BCUT2D eigenvalue weighted by Crippen LogP contribution is 2.13. The van der Waals surface area contributed by atoms with Gasteiger partial charge in [0.05, 0.1) is 13.4 Å². The molecule has 0 bridgehead atoms. The summed E-state index contributed by atoms with van der Waals surface area (Å²) < 4.78 is 10.1. The quantitative estimate of drug-likeness (QED) is 0.585. The van der Waals surface area contributed by atoms with Crippen molar-refractivity contribution < 1.29 is 6.17 Å². The van der Waals surface area contributed by atoms with Crippen molar-refractivity contribution in [2.45, 2.75) is 40.8 Å². The molecule has 2 heterocycles. The first-order valence-electron chi connectivity index (χ1n) is 11.8. The summed E-state index contributed by atoms with van der Waals surface area (Å²) in [6, 6.07) is 17.7. The van der Waals surface area contributed by atoms with Crippen LogP contribution in [0.2, 0.25) is 0 Å². The van der Waals surface area contributed by atoms with Crippen molar-refractivity contribution in [3.63, 3.8) is 0 Å². The van der Waals surface area contributed by atoms with Crippen LogP contribution in [0.1, 0.15) is 50.7 Å². The smallest absolute Gasteiger partial charge is 0.253 e. The Morgan fingerprint density at radius 1 is 0.903 bits per heavy atom. The van der Waals surface area contributed by atoms with Gasteiger partial charge in [-0.15, -0.1) is 0 Å². The van der Waals surface area contributed by atoms with E-state index in [0.29, 0.717) is 24.7 Å². The van der Waals surface area contributed by atoms with E-state index in [-0.39, 0.29) is 5.91 Å². The monoisotopic (exact) mass is 422 g/mol. The molecular weight excluding hydrogens is 384 g/mol. The third-order valence-electron chi connectivity index (χ3n) is 4.98. The molecule has 0 saturated carbocycles. The average Bonchev–Trinajstić information content (AvgIpc) is 3.29. The first-order valence-corrected chi connectivity index (χ1v) is 11.3. The topological polar surface area (TPSA) is 41.4 Å². The van der Waals surface area contributed by atoms with Gasteiger partial charge in [0, 0.05) is 51.0 Å². The van der Waals surface area contributed by atoms with Crippen molar-refractivity contribution in [3.05, 3.63) is 90.0 Å². The lowest BCUT2D eigenvalue weighted by atomic mass is 10.2. The Hall–Kier alpha value is -2.92. The van der Waals surface area contributed by atoms with Crippen LogP contribution in [0.4, 0.5) is 0 Å². The minimum absolute atomic E-state index is 0.0423. The normalized spacial score (nSPS) is 13.9. The summed E-state index contributed by atoms with van der Waals surface area (Å²) in [5.74, 6) is -0.0423. The zero-order valence-corrected chi connectivity index (χ0v) is 19.3. The van der Waals surface area contributed by atoms with Crippen molar-refractivity contribution in [3.8, 4) is 0 Å². The Morgan fingerprint density at radius 3 is 2.23 bits per heavy atom. The molecule has 0 aliphatic carbocycles. The number of carbonyl (C=O) groups is 1. The maximum atomic E-state index is 12.7. The van der Waals surface area contributed by atoms with Gasteiger partial charge in [-0.2, -0.15) is 0 Å². The van der Waals surface area contributed by atoms with Crippen molar-refractivity contribution in [2.24, 2.45) is 0 Å². The summed E-state index contributed by atoms with van der Waals surface area (Å²) >= 11 is 0. The highest BCUT2D eigenvalue weighted by atomic mass is 16.2. The van der Waals surface area contributed by atoms with E-state index in [0.717, 1.165) is 26.2 Å². The van der Waals surface area contributed by atoms with Crippen LogP contribution in [0.5, 0.6) is 0 Å². The number of piperazine rings is 1. The molecule has 5 heteroatoms. The fourth-order valence-electron chi connectivity index (χ4n) is 3.44. The van der Waals surface area contributed by atoms with E-state index in [2.05, 4.69) is 38.7 Å². The van der Waals surface area contributed by atoms with Crippen LogP contribution in [0.15, 0.2) is 73.2 Å². The fourth-order valence-corrected chi connectivity index (χ4v) is 3.44. The molecule has 1 aliphatic heterocycles. The average molecular weight is 423 g/mol. The minimum atomic E-state index is -0.0423. The number of carbonyl (C=O) groups excluding carboxylic acids is 1. The standard InChI is InChI=1S/C22H24N4O.2C2H6/c27-22(20-9-5-2-6-10-20)25-13-11-24(12-14-25)17-21-15-23-18-26(21)16-19-7-3-1-4-8-19;2*1-2/h1-10,15,18H,11-14,16-17H2;2*1-2H3/i9T;;. The van der Waals surface area contributed by atoms with Crippen LogP contribution >= 0.6 is 0 Å². The number of hydrogen-bond donors (Lipinski definition) is 0. The molecule has 1 saturated heterocycles. The zero-order chi connectivity index (χ0) is 23.3. The van der Waals surface area contributed by atoms with E-state index < -0.39 is 0 Å². The van der Waals surface area contributed by atoms with Crippen LogP contribution in [0.3, 0.4) is 0 Å². The fraction of sp³-hybridized carbons (Fsp3) is 0.385. The molecule has 3 aromatic rings. The third kappa shape index (κ3) is 7.07. The molecule has 5 nitrogen and oxygen atoms in total. The number of hydrogen-bond acceptors (Lipinski definition) is 3. The predicted octanol–water partition coefficient (Wildman–Crippen LogP) is 4.94. The summed E-state index contributed by atoms with van der Waals surface area (Å²) in [6.07, 6.45) is 3.81. The number of nitrogens with zero attached hydrogens (tertiary/aromatic N) is 4. The van der Waals surface area contributed by atoms with Gasteiger partial charge in [0.2, 0.25) is 0 Å². The van der Waals surface area contributed by atoms with Gasteiger partial charge in [0.15, 0.2) is 0 Å². The van der Waals surface area contributed by atoms with Crippen LogP contribution in [-0.2, 0) is 13.1 Å². The van der Waals surface area contributed by atoms with E-state index in [4.69, 9.17) is 1.37 Å². The second-order valence-corrected chi connectivity index (χ2v) is 6.84. The molecule has 0 unspecified atom stereocenters. The summed E-state index contributed by atoms with van der Waals surface area (Å²) in [5, 5.41) is 0. The van der Waals surface area contributed by atoms with Crippen LogP contribution in [0, 0.1) is 0 Å². The molecule has 0 atom stereocenters. The van der Waals surface area contributed by atoms with Gasteiger partial charge in [-0.05, 0) is 17.7 Å². The summed E-state index contributed by atoms with van der Waals surface area (Å²) in [5.41, 5.74) is 2.92. The molecule has 1 amide bonds. The van der Waals surface area contributed by atoms with E-state index in [1.807, 2.05) is 57.3 Å². The van der Waals surface area contributed by atoms with E-state index >= 15 is 0 Å². The Morgan fingerprint density at radius 2 is 1.55 bits per heavy atom. The molecule has 0 radical (unpaired) electrons. The van der Waals surface area contributed by atoms with Gasteiger partial charge in [0.1, 0.15) is 0 Å². The zero-order valence-electron chi connectivity index (χ0n) is 20.3. The van der Waals surface area contributed by atoms with Crippen LogP contribution < -0.4 is 0 Å². The third-order valence-corrected chi connectivity index (χ3v) is 4.98. The maximum absolute atomic E-state index is 12.7. The summed E-state index contributed by atoms with van der Waals surface area (Å²) in [7, 11) is 0. The Labute approximate surface area is 188 Å². The van der Waals surface area contributed by atoms with Crippen molar-refractivity contribution >= 4 is 5.91 Å². The molecular formula is C26H36N4O. The van der Waals surface area contributed by atoms with Crippen LogP contribution in [0.25, 0.3) is 0 Å². The largest absolute Gasteiger partial charge is 0.336 e. The molecule has 2 aromatic carbocycles. The second-order valence-electron chi connectivity index (χ2n) is 6.84. The number of rotatable bonds is 5. The Bertz CT molecular complexity index is 934. The lowest BCUT2D eigenvalue weighted by molar-refractivity contribution is 0.0625. The molecule has 166 valence electrons. The van der Waals surface area contributed by atoms with E-state index in [1.165, 1.54) is 11.3 Å². The van der Waals surface area contributed by atoms with Crippen molar-refractivity contribution in [2.75, 3.05) is 26.2 Å². The highest BCUT2D eigenvalue weighted by molar-refractivity contribution is 5.94. The lowest BCUT2D eigenvalue weighted by Crippen LogP contribution is -2.48. The Balaban J connectivity index is 0.000000860. The Kier molecular flexibility index (Phi) is 9.83. The lowest BCUT2D eigenvalue weighted by Gasteiger charge is -2.34. The molecule has 1 fully saturated rings. The van der Waals surface area contributed by atoms with Gasteiger partial charge in [-0.25, -0.2) is 4.98 Å². The molecule has 0 spiro atoms. The SMILES string of the molecule is CC.CC.[3H]c1ccccc1C(=O)N1CCN(Cc2cncn2Cc2ccccc2)CC1. The summed E-state index contributed by atoms with van der Waals surface area (Å²) in [6.45, 7) is 12.6. The van der Waals surface area contributed by atoms with Gasteiger partial charge < -0.3 is 9.47 Å². The van der Waals surface area contributed by atoms with E-state index in [9.17, 15) is 4.79 Å². The second kappa shape index (κ2) is 13.4. The van der Waals surface area contributed by atoms with Gasteiger partial charge in [-0.1, -0.05) is 76.2 Å². The van der Waals surface area contributed by atoms with Crippen molar-refractivity contribution in [1.82, 2.24) is 19.4 Å². The van der Waals surface area contributed by atoms with Crippen molar-refractivity contribution in [1.29, 1.82) is 0 Å². The maximum Gasteiger partial charge on any atom is 0.253 e. The first-order chi connectivity index (χ1) is 15.7. The number of imidazole rings is 1. The summed E-state index contributed by atoms with van der Waals surface area (Å²) in [4.78, 5) is 21.2. The minimum Gasteiger partial charge on any atom is -0.336 e. The molecule has 4 rings (SSSR count). The molecule has 31 heavy (non-hydrogen) atoms. The number of amides is 1. The number of benzene rings is 2. The molecule has 1 aliphatic rings. The van der Waals surface area contributed by atoms with E-state index in [1.54, 1.807) is 18.2 Å². The van der Waals surface area contributed by atoms with Crippen LogP contribution in [-0.4, -0.2) is 51.4 Å². The number of aromatic nitrogens is 2. The van der Waals surface area contributed by atoms with Gasteiger partial charge in [-0.3, -0.25) is 9.69 Å². The van der Waals surface area contributed by atoms with Gasteiger partial charge in [0.25, 0.3) is 5.91 Å². The first kappa shape index (κ1) is 22.8. The van der Waals surface area contributed by atoms with Gasteiger partial charge >= 0.3 is 0 Å². The predicted molar refractivity (Wildman–Crippen MR) is 128 cm³/mol. The highest BCUT2D eigenvalue weighted by Gasteiger charge is 2.22.